The fraction of sp³-hybridized carbons (Fsp3) is 0.0714. The van der Waals surface area contributed by atoms with Gasteiger partial charge in [0.25, 0.3) is 0 Å². The summed E-state index contributed by atoms with van der Waals surface area (Å²) in [5, 5.41) is 6.00. The summed E-state index contributed by atoms with van der Waals surface area (Å²) in [6, 6.07) is 8.14. The molecule has 0 atom stereocenters. The summed E-state index contributed by atoms with van der Waals surface area (Å²) < 4.78 is 1.79. The minimum atomic E-state index is -0.477. The van der Waals surface area contributed by atoms with Crippen molar-refractivity contribution in [3.8, 4) is 0 Å². The lowest BCUT2D eigenvalue weighted by Crippen LogP contribution is -2.20. The molecule has 0 radical (unpaired) electrons. The van der Waals surface area contributed by atoms with Gasteiger partial charge >= 0.3 is 6.03 Å². The van der Waals surface area contributed by atoms with Crippen molar-refractivity contribution >= 4 is 51.8 Å². The summed E-state index contributed by atoms with van der Waals surface area (Å²) in [4.78, 5) is 20.4. The highest BCUT2D eigenvalue weighted by Crippen LogP contribution is 2.24. The number of nitrogens with zero attached hydrogens (tertiary/aromatic N) is 3. The molecule has 1 aromatic carbocycles. The number of hydrogen-bond donors (Lipinski definition) is 2. The third kappa shape index (κ3) is 2.84. The molecule has 0 aliphatic heterocycles. The van der Waals surface area contributed by atoms with Crippen molar-refractivity contribution in [2.45, 2.75) is 0 Å². The molecule has 2 aromatic heterocycles. The number of pyridine rings is 1. The molecule has 0 saturated carbocycles. The SMILES string of the molecule is Cn1cnc2c(NC(=O)Nc3ccccc3Cl)nc(Cl)cc21. The van der Waals surface area contributed by atoms with Crippen molar-refractivity contribution in [2.24, 2.45) is 7.05 Å². The van der Waals surface area contributed by atoms with Crippen molar-refractivity contribution in [3.63, 3.8) is 0 Å². The lowest BCUT2D eigenvalue weighted by atomic mass is 10.3. The van der Waals surface area contributed by atoms with Crippen LogP contribution in [0.5, 0.6) is 0 Å². The average molecular weight is 336 g/mol. The summed E-state index contributed by atoms with van der Waals surface area (Å²) in [5.74, 6) is 0.285. The fourth-order valence-electron chi connectivity index (χ4n) is 2.01. The predicted molar refractivity (Wildman–Crippen MR) is 87.6 cm³/mol. The van der Waals surface area contributed by atoms with Gasteiger partial charge in [0.15, 0.2) is 5.82 Å². The lowest BCUT2D eigenvalue weighted by molar-refractivity contribution is 0.262. The molecule has 2 N–H and O–H groups in total. The van der Waals surface area contributed by atoms with Gasteiger partial charge in [-0.1, -0.05) is 35.3 Å². The van der Waals surface area contributed by atoms with Crippen LogP contribution < -0.4 is 10.6 Å². The van der Waals surface area contributed by atoms with Crippen LogP contribution in [0.3, 0.4) is 0 Å². The zero-order chi connectivity index (χ0) is 15.7. The first-order chi connectivity index (χ1) is 10.5. The van der Waals surface area contributed by atoms with Crippen LogP contribution in [0.2, 0.25) is 10.2 Å². The highest BCUT2D eigenvalue weighted by molar-refractivity contribution is 6.33. The lowest BCUT2D eigenvalue weighted by Gasteiger charge is -2.09. The van der Waals surface area contributed by atoms with Gasteiger partial charge in [0, 0.05) is 13.1 Å². The Balaban J connectivity index is 1.87. The molecule has 3 aromatic rings. The van der Waals surface area contributed by atoms with Gasteiger partial charge in [-0.05, 0) is 12.1 Å². The summed E-state index contributed by atoms with van der Waals surface area (Å²) in [7, 11) is 1.83. The van der Waals surface area contributed by atoms with E-state index in [-0.39, 0.29) is 11.0 Å². The highest BCUT2D eigenvalue weighted by Gasteiger charge is 2.13. The zero-order valence-corrected chi connectivity index (χ0v) is 13.0. The first-order valence-corrected chi connectivity index (χ1v) is 7.10. The maximum absolute atomic E-state index is 12.1. The number of fused-ring (bicyclic) bond motifs is 1. The van der Waals surface area contributed by atoms with Crippen LogP contribution >= 0.6 is 23.2 Å². The molecule has 0 aliphatic rings. The van der Waals surface area contributed by atoms with E-state index in [1.807, 2.05) is 7.05 Å². The largest absolute Gasteiger partial charge is 0.334 e. The van der Waals surface area contributed by atoms with Crippen molar-refractivity contribution in [3.05, 3.63) is 46.8 Å². The van der Waals surface area contributed by atoms with Crippen molar-refractivity contribution in [2.75, 3.05) is 10.6 Å². The number of carbonyl (C=O) groups is 1. The smallest absolute Gasteiger partial charge is 0.324 e. The molecule has 112 valence electrons. The van der Waals surface area contributed by atoms with Crippen LogP contribution in [-0.2, 0) is 7.05 Å². The molecular weight excluding hydrogens is 325 g/mol. The number of para-hydroxylation sites is 1. The van der Waals surface area contributed by atoms with Crippen molar-refractivity contribution in [1.29, 1.82) is 0 Å². The summed E-state index contributed by atoms with van der Waals surface area (Å²) in [6.45, 7) is 0. The number of aryl methyl sites for hydroxylation is 1. The van der Waals surface area contributed by atoms with Gasteiger partial charge < -0.3 is 9.88 Å². The van der Waals surface area contributed by atoms with E-state index in [4.69, 9.17) is 23.2 Å². The molecule has 0 aliphatic carbocycles. The Kier molecular flexibility index (Phi) is 3.87. The topological polar surface area (TPSA) is 71.8 Å². The number of hydrogen-bond acceptors (Lipinski definition) is 3. The summed E-state index contributed by atoms with van der Waals surface area (Å²) in [6.07, 6.45) is 1.62. The number of rotatable bonds is 2. The Morgan fingerprint density at radius 3 is 2.77 bits per heavy atom. The first-order valence-electron chi connectivity index (χ1n) is 6.34. The second-order valence-corrected chi connectivity index (χ2v) is 5.37. The van der Waals surface area contributed by atoms with E-state index >= 15 is 0 Å². The Morgan fingerprint density at radius 1 is 1.23 bits per heavy atom. The van der Waals surface area contributed by atoms with Gasteiger partial charge in [0.05, 0.1) is 22.6 Å². The van der Waals surface area contributed by atoms with E-state index in [9.17, 15) is 4.79 Å². The molecule has 0 bridgehead atoms. The quantitative estimate of drug-likeness (QED) is 0.697. The number of aromatic nitrogens is 3. The van der Waals surface area contributed by atoms with Gasteiger partial charge in [0.2, 0.25) is 0 Å². The van der Waals surface area contributed by atoms with Gasteiger partial charge in [-0.15, -0.1) is 0 Å². The van der Waals surface area contributed by atoms with Crippen LogP contribution in [-0.4, -0.2) is 20.6 Å². The molecule has 0 spiro atoms. The minimum Gasteiger partial charge on any atom is -0.334 e. The number of anilines is 2. The Labute approximate surface area is 136 Å². The van der Waals surface area contributed by atoms with E-state index in [0.29, 0.717) is 16.2 Å². The van der Waals surface area contributed by atoms with E-state index in [2.05, 4.69) is 20.6 Å². The molecule has 2 heterocycles. The van der Waals surface area contributed by atoms with Crippen molar-refractivity contribution < 1.29 is 4.79 Å². The third-order valence-corrected chi connectivity index (χ3v) is 3.56. The number of nitrogens with one attached hydrogen (secondary N) is 2. The van der Waals surface area contributed by atoms with Gasteiger partial charge in [0.1, 0.15) is 10.7 Å². The van der Waals surface area contributed by atoms with Gasteiger partial charge in [-0.2, -0.15) is 0 Å². The zero-order valence-electron chi connectivity index (χ0n) is 11.5. The molecule has 8 heteroatoms. The molecule has 3 rings (SSSR count). The summed E-state index contributed by atoms with van der Waals surface area (Å²) in [5.41, 5.74) is 1.83. The van der Waals surface area contributed by atoms with Crippen LogP contribution in [0, 0.1) is 0 Å². The maximum Gasteiger partial charge on any atom is 0.324 e. The van der Waals surface area contributed by atoms with E-state index in [0.717, 1.165) is 5.52 Å². The Bertz CT molecular complexity index is 862. The number of carbonyl (C=O) groups excluding carboxylic acids is 1. The fourth-order valence-corrected chi connectivity index (χ4v) is 2.38. The Morgan fingerprint density at radius 2 is 2.00 bits per heavy atom. The molecule has 6 nitrogen and oxygen atoms in total. The average Bonchev–Trinajstić information content (AvgIpc) is 2.83. The molecular formula is C14H11Cl2N5O. The number of halogens is 2. The van der Waals surface area contributed by atoms with Crippen LogP contribution in [0.1, 0.15) is 0 Å². The van der Waals surface area contributed by atoms with Crippen molar-refractivity contribution in [1.82, 2.24) is 14.5 Å². The second-order valence-electron chi connectivity index (χ2n) is 4.58. The molecule has 0 unspecified atom stereocenters. The van der Waals surface area contributed by atoms with Crippen LogP contribution in [0.15, 0.2) is 36.7 Å². The van der Waals surface area contributed by atoms with E-state index < -0.39 is 6.03 Å². The minimum absolute atomic E-state index is 0.268. The molecule has 0 saturated heterocycles. The van der Waals surface area contributed by atoms with E-state index in [1.54, 1.807) is 41.2 Å². The Hall–Kier alpha value is -2.31. The number of imidazole rings is 1. The molecule has 22 heavy (non-hydrogen) atoms. The predicted octanol–water partition coefficient (Wildman–Crippen LogP) is 3.92. The maximum atomic E-state index is 12.1. The standard InChI is InChI=1S/C14H11Cl2N5O/c1-21-7-17-12-10(21)6-11(16)19-13(12)20-14(22)18-9-5-3-2-4-8(9)15/h2-7H,1H3,(H2,18,19,20,22). The highest BCUT2D eigenvalue weighted by atomic mass is 35.5. The monoisotopic (exact) mass is 335 g/mol. The first kappa shape index (κ1) is 14.6. The van der Waals surface area contributed by atoms with Gasteiger partial charge in [-0.3, -0.25) is 5.32 Å². The van der Waals surface area contributed by atoms with Crippen LogP contribution in [0.25, 0.3) is 11.0 Å². The summed E-state index contributed by atoms with van der Waals surface area (Å²) >= 11 is 12.0. The third-order valence-electron chi connectivity index (χ3n) is 3.04. The number of amides is 2. The molecule has 2 amide bonds. The van der Waals surface area contributed by atoms with Gasteiger partial charge in [-0.25, -0.2) is 14.8 Å². The number of benzene rings is 1. The number of urea groups is 1. The van der Waals surface area contributed by atoms with E-state index in [1.165, 1.54) is 0 Å². The normalized spacial score (nSPS) is 10.7. The second kappa shape index (κ2) is 5.82. The van der Waals surface area contributed by atoms with Crippen LogP contribution in [0.4, 0.5) is 16.3 Å². The molecule has 0 fully saturated rings.